The van der Waals surface area contributed by atoms with Gasteiger partial charge in [-0.05, 0) is 19.4 Å². The Balaban J connectivity index is 2.84. The third-order valence-corrected chi connectivity index (χ3v) is 3.82. The maximum atomic E-state index is 12.0. The second-order valence-electron chi connectivity index (χ2n) is 4.25. The van der Waals surface area contributed by atoms with Gasteiger partial charge in [0.1, 0.15) is 0 Å². The van der Waals surface area contributed by atoms with Gasteiger partial charge in [-0.1, -0.05) is 76.7 Å². The van der Waals surface area contributed by atoms with Gasteiger partial charge in [0, 0.05) is 0 Å². The van der Waals surface area contributed by atoms with Crippen molar-refractivity contribution in [3.63, 3.8) is 0 Å². The molecule has 0 amide bonds. The highest BCUT2D eigenvalue weighted by atomic mass is 35.6. The molecule has 0 aliphatic heterocycles. The van der Waals surface area contributed by atoms with E-state index < -0.39 is 20.7 Å². The molecule has 0 N–H and O–H groups in total. The van der Waals surface area contributed by atoms with Crippen LogP contribution in [0.15, 0.2) is 30.3 Å². The molecule has 0 bridgehead atoms. The van der Waals surface area contributed by atoms with Gasteiger partial charge in [0.05, 0.1) is 5.41 Å². The van der Waals surface area contributed by atoms with Gasteiger partial charge in [-0.3, -0.25) is 4.79 Å². The van der Waals surface area contributed by atoms with E-state index in [1.807, 2.05) is 30.3 Å². The maximum Gasteiger partial charge on any atom is 0.317 e. The fraction of sp³-hybridized carbons (Fsp3) is 0.417. The largest absolute Gasteiger partial charge is 0.441 e. The molecule has 0 spiro atoms. The number of benzene rings is 1. The average molecular weight is 330 g/mol. The number of alkyl halides is 4. The second kappa shape index (κ2) is 5.87. The molecule has 1 atom stereocenters. The van der Waals surface area contributed by atoms with Crippen LogP contribution in [-0.4, -0.2) is 15.3 Å². The molecule has 1 unspecified atom stereocenters. The summed E-state index contributed by atoms with van der Waals surface area (Å²) < 4.78 is 3.11. The summed E-state index contributed by atoms with van der Waals surface area (Å²) in [6.07, 6.45) is 0. The minimum Gasteiger partial charge on any atom is -0.441 e. The Hall–Kier alpha value is -0.150. The van der Waals surface area contributed by atoms with Crippen molar-refractivity contribution in [3.05, 3.63) is 35.9 Å². The predicted octanol–water partition coefficient (Wildman–Crippen LogP) is 4.44. The lowest BCUT2D eigenvalue weighted by atomic mass is 9.85. The molecule has 0 saturated heterocycles. The van der Waals surface area contributed by atoms with Crippen LogP contribution in [0, 0.1) is 0 Å². The second-order valence-corrected chi connectivity index (χ2v) is 7.02. The number of carbonyl (C=O) groups is 1. The number of halogens is 4. The first-order valence-electron chi connectivity index (χ1n) is 5.13. The van der Waals surface area contributed by atoms with Crippen molar-refractivity contribution in [3.8, 4) is 0 Å². The molecule has 1 aromatic rings. The van der Waals surface area contributed by atoms with Crippen LogP contribution in [0.5, 0.6) is 0 Å². The van der Waals surface area contributed by atoms with Crippen LogP contribution in [0.3, 0.4) is 0 Å². The number of ether oxygens (including phenoxy) is 1. The van der Waals surface area contributed by atoms with Crippen LogP contribution in [-0.2, 0) is 14.9 Å². The fourth-order valence-corrected chi connectivity index (χ4v) is 1.50. The van der Waals surface area contributed by atoms with Crippen molar-refractivity contribution >= 4 is 52.4 Å². The van der Waals surface area contributed by atoms with E-state index in [4.69, 9.17) is 51.1 Å². The van der Waals surface area contributed by atoms with Gasteiger partial charge >= 0.3 is 5.97 Å². The summed E-state index contributed by atoms with van der Waals surface area (Å²) in [5.74, 6) is -0.556. The Morgan fingerprint density at radius 3 is 2.11 bits per heavy atom. The Morgan fingerprint density at radius 2 is 1.67 bits per heavy atom. The number of hydrogen-bond donors (Lipinski definition) is 0. The van der Waals surface area contributed by atoms with Crippen LogP contribution in [0.1, 0.15) is 19.4 Å². The molecule has 100 valence electrons. The number of esters is 1. The van der Waals surface area contributed by atoms with Gasteiger partial charge in [-0.25, -0.2) is 0 Å². The molecular formula is C12H12Cl4O2. The van der Waals surface area contributed by atoms with Gasteiger partial charge in [0.15, 0.2) is 0 Å². The molecule has 0 aromatic heterocycles. The van der Waals surface area contributed by atoms with Crippen LogP contribution in [0.25, 0.3) is 0 Å². The van der Waals surface area contributed by atoms with Crippen molar-refractivity contribution < 1.29 is 9.53 Å². The molecule has 0 aliphatic rings. The minimum atomic E-state index is -1.86. The highest BCUT2D eigenvalue weighted by Crippen LogP contribution is 2.36. The average Bonchev–Trinajstić information content (AvgIpc) is 2.28. The van der Waals surface area contributed by atoms with E-state index >= 15 is 0 Å². The van der Waals surface area contributed by atoms with Crippen molar-refractivity contribution in [2.45, 2.75) is 28.6 Å². The van der Waals surface area contributed by atoms with E-state index in [1.54, 1.807) is 13.8 Å². The van der Waals surface area contributed by atoms with E-state index in [0.717, 1.165) is 5.56 Å². The molecular weight excluding hydrogens is 318 g/mol. The highest BCUT2D eigenvalue weighted by molar-refractivity contribution is 6.70. The first-order valence-corrected chi connectivity index (χ1v) is 6.70. The monoisotopic (exact) mass is 328 g/mol. The molecule has 0 saturated carbocycles. The summed E-state index contributed by atoms with van der Waals surface area (Å²) in [4.78, 5) is 12.0. The van der Waals surface area contributed by atoms with E-state index in [1.165, 1.54) is 0 Å². The zero-order valence-electron chi connectivity index (χ0n) is 9.79. The lowest BCUT2D eigenvalue weighted by molar-refractivity contribution is -0.151. The van der Waals surface area contributed by atoms with E-state index in [2.05, 4.69) is 0 Å². The van der Waals surface area contributed by atoms with E-state index in [9.17, 15) is 4.79 Å². The summed E-state index contributed by atoms with van der Waals surface area (Å²) >= 11 is 22.3. The van der Waals surface area contributed by atoms with Crippen LogP contribution in [0.4, 0.5) is 0 Å². The van der Waals surface area contributed by atoms with Crippen molar-refractivity contribution in [2.24, 2.45) is 0 Å². The first-order chi connectivity index (χ1) is 8.15. The van der Waals surface area contributed by atoms with Gasteiger partial charge in [0.2, 0.25) is 9.36 Å². The Labute approximate surface area is 126 Å². The normalized spacial score (nSPS) is 14.1. The van der Waals surface area contributed by atoms with Gasteiger partial charge in [0.25, 0.3) is 0 Å². The minimum absolute atomic E-state index is 0.556. The number of hydrogen-bond acceptors (Lipinski definition) is 2. The molecule has 1 aromatic carbocycles. The van der Waals surface area contributed by atoms with Crippen molar-refractivity contribution in [1.29, 1.82) is 0 Å². The third kappa shape index (κ3) is 3.92. The summed E-state index contributed by atoms with van der Waals surface area (Å²) in [6, 6.07) is 9.16. The van der Waals surface area contributed by atoms with E-state index in [-0.39, 0.29) is 0 Å². The third-order valence-electron chi connectivity index (χ3n) is 2.47. The SMILES string of the molecule is CC(C)(C(=O)OC(Cl)C(Cl)(Cl)Cl)c1ccccc1. The number of carbonyl (C=O) groups excluding carboxylic acids is 1. The molecule has 0 aliphatic carbocycles. The number of rotatable bonds is 3. The molecule has 18 heavy (non-hydrogen) atoms. The zero-order chi connectivity index (χ0) is 14.0. The summed E-state index contributed by atoms with van der Waals surface area (Å²) in [7, 11) is 0. The fourth-order valence-electron chi connectivity index (χ4n) is 1.28. The standard InChI is InChI=1S/C12H12Cl4O2/c1-11(2,8-6-4-3-5-7-8)10(17)18-9(13)12(14,15)16/h3-7,9H,1-2H3. The molecule has 0 heterocycles. The quantitative estimate of drug-likeness (QED) is 0.605. The zero-order valence-corrected chi connectivity index (χ0v) is 12.8. The molecule has 0 fully saturated rings. The van der Waals surface area contributed by atoms with Crippen molar-refractivity contribution in [2.75, 3.05) is 0 Å². The highest BCUT2D eigenvalue weighted by Gasteiger charge is 2.39. The van der Waals surface area contributed by atoms with Gasteiger partial charge in [-0.15, -0.1) is 0 Å². The van der Waals surface area contributed by atoms with Crippen molar-refractivity contribution in [1.82, 2.24) is 0 Å². The summed E-state index contributed by atoms with van der Waals surface area (Å²) in [6.45, 7) is 3.43. The molecule has 6 heteroatoms. The van der Waals surface area contributed by atoms with Gasteiger partial charge < -0.3 is 4.74 Å². The van der Waals surface area contributed by atoms with Gasteiger partial charge in [-0.2, -0.15) is 0 Å². The topological polar surface area (TPSA) is 26.3 Å². The molecule has 2 nitrogen and oxygen atoms in total. The Morgan fingerprint density at radius 1 is 1.17 bits per heavy atom. The van der Waals surface area contributed by atoms with Crippen LogP contribution < -0.4 is 0 Å². The summed E-state index contributed by atoms with van der Waals surface area (Å²) in [5, 5.41) is 0. The smallest absolute Gasteiger partial charge is 0.317 e. The van der Waals surface area contributed by atoms with E-state index in [0.29, 0.717) is 0 Å². The lowest BCUT2D eigenvalue weighted by Gasteiger charge is -2.26. The first kappa shape index (κ1) is 15.9. The lowest BCUT2D eigenvalue weighted by Crippen LogP contribution is -2.36. The Bertz CT molecular complexity index is 412. The summed E-state index contributed by atoms with van der Waals surface area (Å²) in [5.41, 5.74) is -1.41. The molecule has 0 radical (unpaired) electrons. The molecule has 1 rings (SSSR count). The Kier molecular flexibility index (Phi) is 5.19. The van der Waals surface area contributed by atoms with Crippen LogP contribution in [0.2, 0.25) is 0 Å². The van der Waals surface area contributed by atoms with Crippen LogP contribution >= 0.6 is 46.4 Å². The maximum absolute atomic E-state index is 12.0. The predicted molar refractivity (Wildman–Crippen MR) is 75.5 cm³/mol.